The molecule has 1 unspecified atom stereocenters. The lowest BCUT2D eigenvalue weighted by Gasteiger charge is -2.15. The van der Waals surface area contributed by atoms with Crippen LogP contribution < -0.4 is 16.8 Å². The average molecular weight is 451 g/mol. The summed E-state index contributed by atoms with van der Waals surface area (Å²) in [4.78, 5) is 24.8. The molecule has 174 valence electrons. The zero-order valence-corrected chi connectivity index (χ0v) is 19.4. The van der Waals surface area contributed by atoms with Crippen LogP contribution in [0, 0.1) is 5.41 Å². The van der Waals surface area contributed by atoms with Gasteiger partial charge in [0.2, 0.25) is 11.8 Å². The SMILES string of the molecule is CC(C(=O)Nc1cc(CC(C)(C)C)no1)c1ccc(-c2nn(C3CC3)c(N)c2C(N)=O)cc1. The molecule has 2 amide bonds. The molecule has 0 spiro atoms. The summed E-state index contributed by atoms with van der Waals surface area (Å²) in [5.41, 5.74) is 14.8. The number of carbonyl (C=O) groups excluding carboxylic acids is 2. The number of nitrogens with zero attached hydrogens (tertiary/aromatic N) is 3. The van der Waals surface area contributed by atoms with Gasteiger partial charge in [-0.2, -0.15) is 5.10 Å². The van der Waals surface area contributed by atoms with E-state index in [0.29, 0.717) is 23.0 Å². The van der Waals surface area contributed by atoms with Crippen molar-refractivity contribution in [2.45, 2.75) is 58.9 Å². The summed E-state index contributed by atoms with van der Waals surface area (Å²) in [6.07, 6.45) is 2.72. The van der Waals surface area contributed by atoms with Gasteiger partial charge in [-0.15, -0.1) is 0 Å². The van der Waals surface area contributed by atoms with Gasteiger partial charge in [-0.25, -0.2) is 4.68 Å². The highest BCUT2D eigenvalue weighted by Gasteiger charge is 2.31. The van der Waals surface area contributed by atoms with E-state index in [1.54, 1.807) is 10.7 Å². The Morgan fingerprint density at radius 1 is 1.24 bits per heavy atom. The van der Waals surface area contributed by atoms with Crippen molar-refractivity contribution in [1.29, 1.82) is 0 Å². The molecule has 1 aliphatic rings. The summed E-state index contributed by atoms with van der Waals surface area (Å²) in [6.45, 7) is 8.15. The molecular formula is C24H30N6O3. The molecule has 0 aliphatic heterocycles. The molecule has 0 radical (unpaired) electrons. The Bertz CT molecular complexity index is 1180. The number of carbonyl (C=O) groups is 2. The second-order valence-electron chi connectivity index (χ2n) is 9.90. The third-order valence-electron chi connectivity index (χ3n) is 5.68. The van der Waals surface area contributed by atoms with Crippen LogP contribution in [0.15, 0.2) is 34.9 Å². The molecule has 33 heavy (non-hydrogen) atoms. The standard InChI is InChI=1S/C24H30N6O3/c1-13(23(32)27-18-11-16(29-33-18)12-24(2,3)4)14-5-7-15(8-6-14)20-19(22(26)31)21(25)30(28-20)17-9-10-17/h5-8,11,13,17H,9-10,12,25H2,1-4H3,(H2,26,31)(H,27,32). The number of amides is 2. The molecule has 0 saturated heterocycles. The van der Waals surface area contributed by atoms with Crippen molar-refractivity contribution in [3.05, 3.63) is 47.2 Å². The van der Waals surface area contributed by atoms with E-state index in [9.17, 15) is 9.59 Å². The number of hydrogen-bond acceptors (Lipinski definition) is 6. The van der Waals surface area contributed by atoms with E-state index >= 15 is 0 Å². The van der Waals surface area contributed by atoms with Crippen LogP contribution in [0.1, 0.15) is 74.1 Å². The van der Waals surface area contributed by atoms with Crippen molar-refractivity contribution >= 4 is 23.5 Å². The molecule has 3 aromatic rings. The van der Waals surface area contributed by atoms with E-state index in [4.69, 9.17) is 16.0 Å². The van der Waals surface area contributed by atoms with Gasteiger partial charge in [0, 0.05) is 11.6 Å². The first-order valence-electron chi connectivity index (χ1n) is 11.1. The largest absolute Gasteiger partial charge is 0.383 e. The zero-order valence-electron chi connectivity index (χ0n) is 19.4. The molecule has 9 nitrogen and oxygen atoms in total. The van der Waals surface area contributed by atoms with Gasteiger partial charge in [0.15, 0.2) is 0 Å². The Balaban J connectivity index is 1.49. The fourth-order valence-corrected chi connectivity index (χ4v) is 3.80. The Labute approximate surface area is 192 Å². The first-order chi connectivity index (χ1) is 15.5. The number of anilines is 2. The van der Waals surface area contributed by atoms with Gasteiger partial charge >= 0.3 is 0 Å². The zero-order chi connectivity index (χ0) is 23.9. The van der Waals surface area contributed by atoms with Crippen molar-refractivity contribution in [2.75, 3.05) is 11.1 Å². The van der Waals surface area contributed by atoms with Crippen molar-refractivity contribution in [2.24, 2.45) is 11.1 Å². The van der Waals surface area contributed by atoms with Crippen molar-refractivity contribution in [1.82, 2.24) is 14.9 Å². The second kappa shape index (κ2) is 8.38. The van der Waals surface area contributed by atoms with E-state index in [0.717, 1.165) is 30.5 Å². The van der Waals surface area contributed by atoms with E-state index < -0.39 is 11.8 Å². The van der Waals surface area contributed by atoms with Crippen LogP contribution in [0.2, 0.25) is 0 Å². The van der Waals surface area contributed by atoms with E-state index in [-0.39, 0.29) is 22.9 Å². The summed E-state index contributed by atoms with van der Waals surface area (Å²) in [6, 6.07) is 9.29. The van der Waals surface area contributed by atoms with Crippen molar-refractivity contribution in [3.63, 3.8) is 0 Å². The van der Waals surface area contributed by atoms with E-state index in [2.05, 4.69) is 36.3 Å². The lowest BCUT2D eigenvalue weighted by Crippen LogP contribution is -2.18. The van der Waals surface area contributed by atoms with Crippen LogP contribution in [0.25, 0.3) is 11.3 Å². The predicted molar refractivity (Wildman–Crippen MR) is 126 cm³/mol. The molecule has 1 aliphatic carbocycles. The van der Waals surface area contributed by atoms with Crippen LogP contribution in [-0.2, 0) is 11.2 Å². The van der Waals surface area contributed by atoms with E-state index in [1.165, 1.54) is 0 Å². The number of rotatable bonds is 7. The summed E-state index contributed by atoms with van der Waals surface area (Å²) < 4.78 is 6.95. The van der Waals surface area contributed by atoms with E-state index in [1.807, 2.05) is 31.2 Å². The normalized spacial score (nSPS) is 14.8. The number of nitrogens with two attached hydrogens (primary N) is 2. The van der Waals surface area contributed by atoms with Gasteiger partial charge in [-0.05, 0) is 37.2 Å². The Hall–Kier alpha value is -3.62. The van der Waals surface area contributed by atoms with Crippen LogP contribution in [0.3, 0.4) is 0 Å². The molecule has 1 fully saturated rings. The minimum Gasteiger partial charge on any atom is -0.383 e. The first-order valence-corrected chi connectivity index (χ1v) is 11.1. The van der Waals surface area contributed by atoms with Gasteiger partial charge in [0.25, 0.3) is 5.91 Å². The maximum Gasteiger partial charge on any atom is 0.254 e. The molecule has 4 rings (SSSR count). The topological polar surface area (TPSA) is 142 Å². The second-order valence-corrected chi connectivity index (χ2v) is 9.90. The number of nitrogens with one attached hydrogen (secondary N) is 1. The monoisotopic (exact) mass is 450 g/mol. The van der Waals surface area contributed by atoms with Gasteiger partial charge < -0.3 is 16.0 Å². The number of benzene rings is 1. The number of nitrogen functional groups attached to an aromatic ring is 1. The molecule has 5 N–H and O–H groups in total. The van der Waals surface area contributed by atoms with Gasteiger partial charge in [0.1, 0.15) is 17.1 Å². The number of primary amides is 1. The Morgan fingerprint density at radius 2 is 1.91 bits per heavy atom. The summed E-state index contributed by atoms with van der Waals surface area (Å²) in [5, 5.41) is 11.4. The summed E-state index contributed by atoms with van der Waals surface area (Å²) in [7, 11) is 0. The molecule has 9 heteroatoms. The maximum atomic E-state index is 12.7. The highest BCUT2D eigenvalue weighted by atomic mass is 16.5. The highest BCUT2D eigenvalue weighted by Crippen LogP contribution is 2.39. The number of hydrogen-bond donors (Lipinski definition) is 3. The molecular weight excluding hydrogens is 420 g/mol. The quantitative estimate of drug-likeness (QED) is 0.498. The third kappa shape index (κ3) is 4.92. The molecule has 1 atom stereocenters. The van der Waals surface area contributed by atoms with Gasteiger partial charge in [0.05, 0.1) is 17.7 Å². The number of aromatic nitrogens is 3. The minimum absolute atomic E-state index is 0.0702. The maximum absolute atomic E-state index is 12.7. The summed E-state index contributed by atoms with van der Waals surface area (Å²) in [5.74, 6) is -0.616. The Morgan fingerprint density at radius 3 is 2.48 bits per heavy atom. The molecule has 0 bridgehead atoms. The van der Waals surface area contributed by atoms with Crippen LogP contribution in [0.5, 0.6) is 0 Å². The molecule has 1 aromatic carbocycles. The van der Waals surface area contributed by atoms with Crippen LogP contribution in [0.4, 0.5) is 11.7 Å². The first kappa shape index (κ1) is 22.6. The molecule has 2 aromatic heterocycles. The summed E-state index contributed by atoms with van der Waals surface area (Å²) >= 11 is 0. The van der Waals surface area contributed by atoms with Gasteiger partial charge in [-0.3, -0.25) is 14.9 Å². The smallest absolute Gasteiger partial charge is 0.254 e. The van der Waals surface area contributed by atoms with Crippen LogP contribution in [-0.4, -0.2) is 26.8 Å². The van der Waals surface area contributed by atoms with Gasteiger partial charge in [-0.1, -0.05) is 50.2 Å². The molecule has 2 heterocycles. The van der Waals surface area contributed by atoms with Crippen molar-refractivity contribution in [3.8, 4) is 11.3 Å². The highest BCUT2D eigenvalue weighted by molar-refractivity contribution is 6.03. The molecule has 1 saturated carbocycles. The fraction of sp³-hybridized carbons (Fsp3) is 0.417. The predicted octanol–water partition coefficient (Wildman–Crippen LogP) is 3.88. The minimum atomic E-state index is -0.607. The van der Waals surface area contributed by atoms with Crippen molar-refractivity contribution < 1.29 is 14.1 Å². The Kier molecular flexibility index (Phi) is 5.73. The fourth-order valence-electron chi connectivity index (χ4n) is 3.80. The third-order valence-corrected chi connectivity index (χ3v) is 5.68. The average Bonchev–Trinajstić information content (AvgIpc) is 3.40. The lowest BCUT2D eigenvalue weighted by atomic mass is 9.91. The lowest BCUT2D eigenvalue weighted by molar-refractivity contribution is -0.117. The van der Waals surface area contributed by atoms with Crippen LogP contribution >= 0.6 is 0 Å².